The van der Waals surface area contributed by atoms with Crippen LogP contribution >= 0.6 is 0 Å². The first kappa shape index (κ1) is 25.8. The van der Waals surface area contributed by atoms with Crippen LogP contribution in [0.5, 0.6) is 17.2 Å². The number of rotatable bonds is 9. The summed E-state index contributed by atoms with van der Waals surface area (Å²) in [5, 5.41) is 21.5. The van der Waals surface area contributed by atoms with E-state index in [0.29, 0.717) is 17.4 Å². The molecule has 2 aromatic carbocycles. The summed E-state index contributed by atoms with van der Waals surface area (Å²) in [5.41, 5.74) is 1.19. The highest BCUT2D eigenvalue weighted by Crippen LogP contribution is 2.29. The van der Waals surface area contributed by atoms with Crippen molar-refractivity contribution in [3.63, 3.8) is 0 Å². The van der Waals surface area contributed by atoms with Crippen molar-refractivity contribution in [1.82, 2.24) is 0 Å². The zero-order valence-corrected chi connectivity index (χ0v) is 20.8. The Labute approximate surface area is 207 Å². The molecule has 1 saturated heterocycles. The van der Waals surface area contributed by atoms with Gasteiger partial charge in [0.05, 0.1) is 6.10 Å². The molecule has 192 valence electrons. The van der Waals surface area contributed by atoms with Gasteiger partial charge in [-0.3, -0.25) is 0 Å². The summed E-state index contributed by atoms with van der Waals surface area (Å²) in [6.45, 7) is 4.29. The summed E-state index contributed by atoms with van der Waals surface area (Å²) >= 11 is 0. The van der Waals surface area contributed by atoms with E-state index in [2.05, 4.69) is 13.8 Å². The molecule has 2 N–H and O–H groups in total. The smallest absolute Gasteiger partial charge is 0.197 e. The van der Waals surface area contributed by atoms with E-state index < -0.39 is 30.7 Å². The Morgan fingerprint density at radius 3 is 2.06 bits per heavy atom. The Morgan fingerprint density at radius 1 is 0.829 bits per heavy atom. The number of benzene rings is 2. The third kappa shape index (κ3) is 6.67. The van der Waals surface area contributed by atoms with Crippen LogP contribution in [-0.2, 0) is 9.47 Å². The Bertz CT molecular complexity index is 891. The molecule has 1 aliphatic carbocycles. The van der Waals surface area contributed by atoms with Gasteiger partial charge in [-0.1, -0.05) is 32.4 Å². The fraction of sp³-hybridized carbons (Fsp3) is 0.571. The van der Waals surface area contributed by atoms with Crippen molar-refractivity contribution < 1.29 is 33.9 Å². The largest absolute Gasteiger partial charge is 0.491 e. The highest BCUT2D eigenvalue weighted by Gasteiger charge is 2.46. The lowest BCUT2D eigenvalue weighted by Gasteiger charge is -2.41. The van der Waals surface area contributed by atoms with Crippen molar-refractivity contribution >= 4 is 0 Å². The number of ether oxygens (including phenoxy) is 5. The van der Waals surface area contributed by atoms with Crippen LogP contribution in [0.1, 0.15) is 57.4 Å². The number of aliphatic hydroxyl groups excluding tert-OH is 2. The summed E-state index contributed by atoms with van der Waals surface area (Å²) in [6, 6.07) is 15.1. The molecule has 0 unspecified atom stereocenters. The maximum absolute atomic E-state index is 10.8. The van der Waals surface area contributed by atoms with E-state index in [1.807, 2.05) is 48.5 Å². The van der Waals surface area contributed by atoms with Crippen LogP contribution in [0.2, 0.25) is 0 Å². The lowest BCUT2D eigenvalue weighted by atomic mass is 9.98. The number of hydrogen-bond donors (Lipinski definition) is 2. The van der Waals surface area contributed by atoms with E-state index in [0.717, 1.165) is 18.6 Å². The summed E-state index contributed by atoms with van der Waals surface area (Å²) in [5.74, 6) is 2.43. The predicted octanol–water partition coefficient (Wildman–Crippen LogP) is 4.44. The Morgan fingerprint density at radius 2 is 1.43 bits per heavy atom. The summed E-state index contributed by atoms with van der Waals surface area (Å²) in [7, 11) is 1.48. The zero-order valence-electron chi connectivity index (χ0n) is 20.8. The van der Waals surface area contributed by atoms with Gasteiger partial charge in [0, 0.05) is 7.11 Å². The minimum Gasteiger partial charge on any atom is -0.491 e. The van der Waals surface area contributed by atoms with Gasteiger partial charge in [-0.25, -0.2) is 0 Å². The number of aliphatic hydroxyl groups is 2. The predicted molar refractivity (Wildman–Crippen MR) is 132 cm³/mol. The summed E-state index contributed by atoms with van der Waals surface area (Å²) in [4.78, 5) is 0. The van der Waals surface area contributed by atoms with Crippen LogP contribution < -0.4 is 14.2 Å². The molecule has 1 heterocycles. The van der Waals surface area contributed by atoms with E-state index in [1.54, 1.807) is 0 Å². The Balaban J connectivity index is 1.31. The van der Waals surface area contributed by atoms with Crippen molar-refractivity contribution in [2.75, 3.05) is 13.7 Å². The fourth-order valence-electron chi connectivity index (χ4n) is 4.61. The van der Waals surface area contributed by atoms with E-state index in [9.17, 15) is 10.2 Å². The number of hydrogen-bond acceptors (Lipinski definition) is 7. The van der Waals surface area contributed by atoms with Gasteiger partial charge < -0.3 is 33.9 Å². The lowest BCUT2D eigenvalue weighted by Crippen LogP contribution is -2.61. The minimum atomic E-state index is -1.21. The quantitative estimate of drug-likeness (QED) is 0.542. The number of methoxy groups -OCH3 is 1. The van der Waals surface area contributed by atoms with Crippen LogP contribution in [0.3, 0.4) is 0 Å². The SMILES string of the molecule is CO[C@H]1O[C@H](COc2ccc(OC3CCCCC3)cc2)[C@@H](O)[C@H](O)[C@H]1Oc1ccc(C(C)C)cc1. The molecule has 0 amide bonds. The molecule has 35 heavy (non-hydrogen) atoms. The second-order valence-electron chi connectivity index (χ2n) is 9.73. The monoisotopic (exact) mass is 486 g/mol. The molecule has 0 bridgehead atoms. The van der Waals surface area contributed by atoms with Crippen LogP contribution in [0.25, 0.3) is 0 Å². The molecule has 2 aliphatic rings. The van der Waals surface area contributed by atoms with E-state index in [1.165, 1.54) is 31.9 Å². The first-order valence-corrected chi connectivity index (χ1v) is 12.6. The normalized spacial score (nSPS) is 27.5. The molecule has 2 aromatic rings. The van der Waals surface area contributed by atoms with Gasteiger partial charge in [-0.2, -0.15) is 0 Å². The highest BCUT2D eigenvalue weighted by molar-refractivity contribution is 5.32. The molecule has 2 fully saturated rings. The van der Waals surface area contributed by atoms with Gasteiger partial charge in [-0.05, 0) is 73.6 Å². The fourth-order valence-corrected chi connectivity index (χ4v) is 4.61. The third-order valence-electron chi connectivity index (χ3n) is 6.79. The van der Waals surface area contributed by atoms with E-state index >= 15 is 0 Å². The average Bonchev–Trinajstić information content (AvgIpc) is 2.88. The second kappa shape index (κ2) is 12.1. The molecule has 1 saturated carbocycles. The maximum atomic E-state index is 10.8. The maximum Gasteiger partial charge on any atom is 0.197 e. The van der Waals surface area contributed by atoms with Gasteiger partial charge in [-0.15, -0.1) is 0 Å². The summed E-state index contributed by atoms with van der Waals surface area (Å²) in [6.07, 6.45) is 1.30. The molecule has 0 radical (unpaired) electrons. The molecule has 0 spiro atoms. The Hall–Kier alpha value is -2.32. The third-order valence-corrected chi connectivity index (χ3v) is 6.79. The highest BCUT2D eigenvalue weighted by atomic mass is 16.7. The van der Waals surface area contributed by atoms with Gasteiger partial charge in [0.1, 0.15) is 42.2 Å². The van der Waals surface area contributed by atoms with Crippen molar-refractivity contribution in [2.45, 2.75) is 88.7 Å². The van der Waals surface area contributed by atoms with Crippen LogP contribution in [0.4, 0.5) is 0 Å². The van der Waals surface area contributed by atoms with Crippen LogP contribution in [0, 0.1) is 0 Å². The van der Waals surface area contributed by atoms with Gasteiger partial charge >= 0.3 is 0 Å². The minimum absolute atomic E-state index is 0.0523. The average molecular weight is 487 g/mol. The molecule has 5 atom stereocenters. The second-order valence-corrected chi connectivity index (χ2v) is 9.73. The Kier molecular flexibility index (Phi) is 8.89. The first-order chi connectivity index (χ1) is 16.9. The van der Waals surface area contributed by atoms with Crippen molar-refractivity contribution in [3.8, 4) is 17.2 Å². The molecule has 0 aromatic heterocycles. The van der Waals surface area contributed by atoms with Gasteiger partial charge in [0.15, 0.2) is 12.4 Å². The van der Waals surface area contributed by atoms with Crippen molar-refractivity contribution in [3.05, 3.63) is 54.1 Å². The molecule has 4 rings (SSSR count). The van der Waals surface area contributed by atoms with Crippen LogP contribution in [-0.4, -0.2) is 60.7 Å². The molecular weight excluding hydrogens is 448 g/mol. The van der Waals surface area contributed by atoms with Crippen molar-refractivity contribution in [1.29, 1.82) is 0 Å². The lowest BCUT2D eigenvalue weighted by molar-refractivity contribution is -0.287. The van der Waals surface area contributed by atoms with E-state index in [4.69, 9.17) is 23.7 Å². The summed E-state index contributed by atoms with van der Waals surface area (Å²) < 4.78 is 29.2. The first-order valence-electron chi connectivity index (χ1n) is 12.6. The molecular formula is C28H38O7. The standard InChI is InChI=1S/C28H38O7/c1-18(2)19-9-11-23(12-10-19)34-27-26(30)25(29)24(35-28(27)31-3)17-32-20-13-15-22(16-14-20)33-21-7-5-4-6-8-21/h9-16,18,21,24-30H,4-8,17H2,1-3H3/t24-,25-,26+,27-,28+/m1/s1. The molecule has 1 aliphatic heterocycles. The van der Waals surface area contributed by atoms with Crippen molar-refractivity contribution in [2.24, 2.45) is 0 Å². The molecule has 7 nitrogen and oxygen atoms in total. The van der Waals surface area contributed by atoms with Gasteiger partial charge in [0.2, 0.25) is 0 Å². The molecule has 7 heteroatoms. The van der Waals surface area contributed by atoms with E-state index in [-0.39, 0.29) is 12.7 Å². The zero-order chi connectivity index (χ0) is 24.8. The topological polar surface area (TPSA) is 86.6 Å². The van der Waals surface area contributed by atoms with Crippen LogP contribution in [0.15, 0.2) is 48.5 Å². The van der Waals surface area contributed by atoms with Gasteiger partial charge in [0.25, 0.3) is 0 Å².